The van der Waals surface area contributed by atoms with Crippen LogP contribution in [-0.2, 0) is 12.8 Å². The zero-order valence-corrected chi connectivity index (χ0v) is 18.8. The number of nitrogens with two attached hydrogens (primary N) is 1. The van der Waals surface area contributed by atoms with Crippen molar-refractivity contribution in [2.24, 2.45) is 0 Å². The summed E-state index contributed by atoms with van der Waals surface area (Å²) in [6.07, 6.45) is 9.34. The van der Waals surface area contributed by atoms with Crippen LogP contribution in [0.2, 0.25) is 0 Å². The van der Waals surface area contributed by atoms with Crippen molar-refractivity contribution >= 4 is 39.1 Å². The van der Waals surface area contributed by atoms with Gasteiger partial charge in [-0.2, -0.15) is 9.67 Å². The number of pyridine rings is 1. The maximum atomic E-state index is 6.20. The van der Waals surface area contributed by atoms with Crippen LogP contribution in [0.3, 0.4) is 0 Å². The van der Waals surface area contributed by atoms with Crippen LogP contribution in [0, 0.1) is 6.92 Å². The summed E-state index contributed by atoms with van der Waals surface area (Å²) in [5.74, 6) is 1.35. The molecule has 6 rings (SSSR count). The average Bonchev–Trinajstić information content (AvgIpc) is 3.54. The Bertz CT molecular complexity index is 1290. The minimum Gasteiger partial charge on any atom is -0.368 e. The topological polar surface area (TPSA) is 111 Å². The van der Waals surface area contributed by atoms with E-state index in [-0.39, 0.29) is 5.95 Å². The van der Waals surface area contributed by atoms with Crippen LogP contribution in [0.15, 0.2) is 24.0 Å². The van der Waals surface area contributed by atoms with Crippen molar-refractivity contribution < 1.29 is 0 Å². The molecular formula is C22H25N9S. The van der Waals surface area contributed by atoms with Gasteiger partial charge in [0.15, 0.2) is 5.82 Å². The fraction of sp³-hybridized carbons (Fsp3) is 0.409. The Labute approximate surface area is 189 Å². The third-order valence-electron chi connectivity index (χ3n) is 6.49. The summed E-state index contributed by atoms with van der Waals surface area (Å²) in [4.78, 5) is 20.6. The van der Waals surface area contributed by atoms with Gasteiger partial charge in [-0.3, -0.25) is 4.98 Å². The molecule has 0 spiro atoms. The number of nitrogens with zero attached hydrogens (tertiary/aromatic N) is 7. The molecule has 4 aromatic heterocycles. The number of aryl methyl sites for hydroxylation is 2. The van der Waals surface area contributed by atoms with Gasteiger partial charge in [0.05, 0.1) is 22.1 Å². The van der Waals surface area contributed by atoms with E-state index >= 15 is 0 Å². The van der Waals surface area contributed by atoms with Crippen molar-refractivity contribution in [1.82, 2.24) is 34.6 Å². The fourth-order valence-electron chi connectivity index (χ4n) is 4.86. The fourth-order valence-corrected chi connectivity index (χ4v) is 5.83. The molecule has 0 aromatic carbocycles. The molecule has 1 atom stereocenters. The van der Waals surface area contributed by atoms with Crippen LogP contribution in [-0.4, -0.2) is 53.7 Å². The molecule has 2 aliphatic rings. The number of likely N-dealkylation sites (tertiary alicyclic amines) is 1. The van der Waals surface area contributed by atoms with Crippen molar-refractivity contribution in [2.75, 3.05) is 24.1 Å². The number of hydrogen-bond donors (Lipinski definition) is 2. The molecule has 1 unspecified atom stereocenters. The van der Waals surface area contributed by atoms with Crippen molar-refractivity contribution in [1.29, 1.82) is 0 Å². The molecule has 10 heteroatoms. The Morgan fingerprint density at radius 1 is 1.19 bits per heavy atom. The lowest BCUT2D eigenvalue weighted by atomic mass is 9.91. The third kappa shape index (κ3) is 3.39. The molecule has 3 N–H and O–H groups in total. The molecule has 1 saturated heterocycles. The smallest absolute Gasteiger partial charge is 0.248 e. The van der Waals surface area contributed by atoms with Crippen LogP contribution in [0.25, 0.3) is 16.0 Å². The molecular weight excluding hydrogens is 422 g/mol. The summed E-state index contributed by atoms with van der Waals surface area (Å²) in [5, 5.41) is 9.92. The van der Waals surface area contributed by atoms with Gasteiger partial charge in [0.2, 0.25) is 11.9 Å². The second kappa shape index (κ2) is 7.79. The SMILES string of the molecule is Cc1csc2c(-n3nc(Nc4cnc5c(c4)CC(N4CCCC4)CC5)nc3N)ncnc12. The Morgan fingerprint density at radius 3 is 2.94 bits per heavy atom. The number of hydrogen-bond acceptors (Lipinski definition) is 9. The summed E-state index contributed by atoms with van der Waals surface area (Å²) in [5.41, 5.74) is 11.6. The largest absolute Gasteiger partial charge is 0.368 e. The van der Waals surface area contributed by atoms with Gasteiger partial charge in [-0.05, 0) is 74.7 Å². The van der Waals surface area contributed by atoms with E-state index in [0.29, 0.717) is 17.8 Å². The standard InChI is InChI=1S/C22H25N9S/c1-13-11-32-19-18(13)25-12-26-20(19)31-21(23)28-22(29-31)27-15-8-14-9-16(30-6-2-3-7-30)4-5-17(14)24-10-15/h8,10-12,16H,2-7,9H2,1H3,(H3,23,27,28,29). The first-order chi connectivity index (χ1) is 15.7. The summed E-state index contributed by atoms with van der Waals surface area (Å²) >= 11 is 1.58. The minimum atomic E-state index is 0.276. The minimum absolute atomic E-state index is 0.276. The lowest BCUT2D eigenvalue weighted by Gasteiger charge is -2.31. The third-order valence-corrected chi connectivity index (χ3v) is 7.57. The van der Waals surface area contributed by atoms with E-state index in [1.54, 1.807) is 16.0 Å². The van der Waals surface area contributed by atoms with E-state index in [1.807, 2.05) is 13.1 Å². The van der Waals surface area contributed by atoms with E-state index in [1.165, 1.54) is 49.9 Å². The molecule has 1 aliphatic heterocycles. The number of rotatable bonds is 4. The predicted molar refractivity (Wildman–Crippen MR) is 126 cm³/mol. The van der Waals surface area contributed by atoms with Crippen LogP contribution >= 0.6 is 11.3 Å². The molecule has 0 bridgehead atoms. The normalized spacial score (nSPS) is 18.8. The first kappa shape index (κ1) is 19.6. The maximum absolute atomic E-state index is 6.20. The van der Waals surface area contributed by atoms with E-state index in [0.717, 1.165) is 34.3 Å². The van der Waals surface area contributed by atoms with Gasteiger partial charge in [-0.25, -0.2) is 9.97 Å². The molecule has 0 radical (unpaired) electrons. The van der Waals surface area contributed by atoms with Crippen molar-refractivity contribution in [3.05, 3.63) is 40.8 Å². The number of nitrogens with one attached hydrogen (secondary N) is 1. The van der Waals surface area contributed by atoms with Crippen LogP contribution in [0.4, 0.5) is 17.6 Å². The van der Waals surface area contributed by atoms with Crippen molar-refractivity contribution in [3.8, 4) is 5.82 Å². The number of nitrogen functional groups attached to an aromatic ring is 1. The van der Waals surface area contributed by atoms with Crippen LogP contribution < -0.4 is 11.1 Å². The number of aromatic nitrogens is 6. The lowest BCUT2D eigenvalue weighted by Crippen LogP contribution is -2.37. The second-order valence-electron chi connectivity index (χ2n) is 8.59. The summed E-state index contributed by atoms with van der Waals surface area (Å²) in [6.45, 7) is 4.49. The Hall–Kier alpha value is -3.11. The monoisotopic (exact) mass is 447 g/mol. The summed E-state index contributed by atoms with van der Waals surface area (Å²) in [7, 11) is 0. The van der Waals surface area contributed by atoms with Gasteiger partial charge in [-0.1, -0.05) is 0 Å². The van der Waals surface area contributed by atoms with Gasteiger partial charge in [-0.15, -0.1) is 16.4 Å². The van der Waals surface area contributed by atoms with Gasteiger partial charge >= 0.3 is 0 Å². The number of anilines is 3. The molecule has 1 fully saturated rings. The van der Waals surface area contributed by atoms with Gasteiger partial charge in [0.25, 0.3) is 0 Å². The lowest BCUT2D eigenvalue weighted by molar-refractivity contribution is 0.221. The molecule has 9 nitrogen and oxygen atoms in total. The molecule has 0 amide bonds. The van der Waals surface area contributed by atoms with Gasteiger partial charge in [0, 0.05) is 11.7 Å². The first-order valence-corrected chi connectivity index (χ1v) is 11.9. The molecule has 0 saturated carbocycles. The summed E-state index contributed by atoms with van der Waals surface area (Å²) in [6, 6.07) is 2.82. The molecule has 32 heavy (non-hydrogen) atoms. The molecule has 164 valence electrons. The van der Waals surface area contributed by atoms with Crippen LogP contribution in [0.5, 0.6) is 0 Å². The zero-order chi connectivity index (χ0) is 21.7. The van der Waals surface area contributed by atoms with Gasteiger partial charge < -0.3 is 16.0 Å². The quantitative estimate of drug-likeness (QED) is 0.490. The molecule has 1 aliphatic carbocycles. The van der Waals surface area contributed by atoms with Crippen molar-refractivity contribution in [2.45, 2.75) is 45.1 Å². The Kier molecular flexibility index (Phi) is 4.76. The predicted octanol–water partition coefficient (Wildman–Crippen LogP) is 3.25. The summed E-state index contributed by atoms with van der Waals surface area (Å²) < 4.78 is 2.51. The van der Waals surface area contributed by atoms with E-state index < -0.39 is 0 Å². The second-order valence-corrected chi connectivity index (χ2v) is 9.47. The van der Waals surface area contributed by atoms with E-state index in [9.17, 15) is 0 Å². The van der Waals surface area contributed by atoms with Gasteiger partial charge in [0.1, 0.15) is 6.33 Å². The highest BCUT2D eigenvalue weighted by atomic mass is 32.1. The number of thiophene rings is 1. The van der Waals surface area contributed by atoms with E-state index in [4.69, 9.17) is 10.7 Å². The number of fused-ring (bicyclic) bond motifs is 2. The van der Waals surface area contributed by atoms with E-state index in [2.05, 4.69) is 41.7 Å². The molecule has 5 heterocycles. The van der Waals surface area contributed by atoms with Crippen LogP contribution in [0.1, 0.15) is 36.1 Å². The first-order valence-electron chi connectivity index (χ1n) is 11.1. The highest BCUT2D eigenvalue weighted by Crippen LogP contribution is 2.30. The molecule has 4 aromatic rings. The highest BCUT2D eigenvalue weighted by Gasteiger charge is 2.27. The van der Waals surface area contributed by atoms with Crippen molar-refractivity contribution in [3.63, 3.8) is 0 Å². The highest BCUT2D eigenvalue weighted by molar-refractivity contribution is 7.17. The Balaban J connectivity index is 1.26. The zero-order valence-electron chi connectivity index (χ0n) is 18.0. The Morgan fingerprint density at radius 2 is 2.06 bits per heavy atom. The average molecular weight is 448 g/mol. The maximum Gasteiger partial charge on any atom is 0.248 e.